The quantitative estimate of drug-likeness (QED) is 0.469. The summed E-state index contributed by atoms with van der Waals surface area (Å²) in [5.74, 6) is 0.302. The van der Waals surface area contributed by atoms with E-state index < -0.39 is 5.82 Å². The van der Waals surface area contributed by atoms with Crippen molar-refractivity contribution in [1.29, 1.82) is 0 Å². The maximum atomic E-state index is 14.9. The zero-order valence-corrected chi connectivity index (χ0v) is 18.3. The number of piperidine rings is 1. The maximum absolute atomic E-state index is 14.9. The number of rotatable bonds is 3. The standard InChI is InChI=1S/C21H20ClFN8O/c1-12-25-18-17(15-6-5-13(22)10-16(15)23)26-21(27-19(18)20(32)29(12)2)30-8-3-4-14(11-30)31-9-7-24-28-31/h5-7,9-10,14H,3-4,8,11H2,1-2H3. The first kappa shape index (κ1) is 20.5. The fraction of sp³-hybridized carbons (Fsp3) is 0.333. The molecule has 1 saturated heterocycles. The van der Waals surface area contributed by atoms with Crippen LogP contribution in [0.25, 0.3) is 22.3 Å². The van der Waals surface area contributed by atoms with E-state index in [0.29, 0.717) is 24.9 Å². The minimum atomic E-state index is -0.539. The van der Waals surface area contributed by atoms with Crippen molar-refractivity contribution >= 4 is 28.6 Å². The predicted octanol–water partition coefficient (Wildman–Crippen LogP) is 2.92. The molecule has 4 heterocycles. The molecule has 0 amide bonds. The molecule has 0 saturated carbocycles. The first-order valence-corrected chi connectivity index (χ1v) is 10.6. The van der Waals surface area contributed by atoms with Gasteiger partial charge < -0.3 is 4.90 Å². The Morgan fingerprint density at radius 3 is 2.78 bits per heavy atom. The molecule has 32 heavy (non-hydrogen) atoms. The van der Waals surface area contributed by atoms with Crippen molar-refractivity contribution in [2.24, 2.45) is 7.05 Å². The van der Waals surface area contributed by atoms with Crippen molar-refractivity contribution in [3.05, 3.63) is 57.6 Å². The van der Waals surface area contributed by atoms with Gasteiger partial charge in [-0.25, -0.2) is 24.0 Å². The van der Waals surface area contributed by atoms with Gasteiger partial charge in [0.2, 0.25) is 5.95 Å². The summed E-state index contributed by atoms with van der Waals surface area (Å²) in [5, 5.41) is 8.28. The van der Waals surface area contributed by atoms with Crippen LogP contribution < -0.4 is 10.5 Å². The Morgan fingerprint density at radius 1 is 1.19 bits per heavy atom. The van der Waals surface area contributed by atoms with Crippen LogP contribution in [-0.2, 0) is 7.05 Å². The lowest BCUT2D eigenvalue weighted by molar-refractivity contribution is 0.367. The minimum Gasteiger partial charge on any atom is -0.339 e. The van der Waals surface area contributed by atoms with Crippen molar-refractivity contribution in [3.63, 3.8) is 0 Å². The molecule has 0 bridgehead atoms. The van der Waals surface area contributed by atoms with Crippen molar-refractivity contribution in [2.45, 2.75) is 25.8 Å². The molecule has 0 N–H and O–H groups in total. The number of nitrogens with zero attached hydrogens (tertiary/aromatic N) is 8. The molecule has 3 aromatic heterocycles. The average molecular weight is 455 g/mol. The van der Waals surface area contributed by atoms with E-state index in [-0.39, 0.29) is 38.9 Å². The highest BCUT2D eigenvalue weighted by atomic mass is 35.5. The molecule has 1 aliphatic rings. The third kappa shape index (κ3) is 3.50. The Morgan fingerprint density at radius 2 is 2.03 bits per heavy atom. The van der Waals surface area contributed by atoms with Crippen LogP contribution >= 0.6 is 11.6 Å². The van der Waals surface area contributed by atoms with Gasteiger partial charge in [-0.1, -0.05) is 16.8 Å². The first-order chi connectivity index (χ1) is 15.4. The Kier molecular flexibility index (Phi) is 5.09. The summed E-state index contributed by atoms with van der Waals surface area (Å²) in [6, 6.07) is 4.45. The molecule has 164 valence electrons. The normalized spacial score (nSPS) is 16.6. The molecule has 0 spiro atoms. The molecular formula is C21H20ClFN8O. The van der Waals surface area contributed by atoms with Crippen LogP contribution in [0.4, 0.5) is 10.3 Å². The summed E-state index contributed by atoms with van der Waals surface area (Å²) in [6.07, 6.45) is 5.30. The predicted molar refractivity (Wildman–Crippen MR) is 118 cm³/mol. The van der Waals surface area contributed by atoms with Crippen LogP contribution in [0.5, 0.6) is 0 Å². The van der Waals surface area contributed by atoms with Crippen LogP contribution in [0.3, 0.4) is 0 Å². The Hall–Kier alpha value is -3.40. The van der Waals surface area contributed by atoms with Gasteiger partial charge in [0.1, 0.15) is 22.9 Å². The van der Waals surface area contributed by atoms with Crippen LogP contribution in [-0.4, -0.2) is 47.6 Å². The van der Waals surface area contributed by atoms with E-state index >= 15 is 0 Å². The highest BCUT2D eigenvalue weighted by molar-refractivity contribution is 6.30. The molecule has 1 unspecified atom stereocenters. The monoisotopic (exact) mass is 454 g/mol. The Labute approximate surface area is 187 Å². The van der Waals surface area contributed by atoms with Gasteiger partial charge in [0.25, 0.3) is 5.56 Å². The number of aromatic nitrogens is 7. The van der Waals surface area contributed by atoms with Gasteiger partial charge in [0.05, 0.1) is 12.2 Å². The van der Waals surface area contributed by atoms with Crippen LogP contribution in [0.15, 0.2) is 35.4 Å². The number of aryl methyl sites for hydroxylation is 1. The van der Waals surface area contributed by atoms with Crippen molar-refractivity contribution in [2.75, 3.05) is 18.0 Å². The summed E-state index contributed by atoms with van der Waals surface area (Å²) in [7, 11) is 1.63. The topological polar surface area (TPSA) is 94.6 Å². The molecule has 1 aliphatic heterocycles. The molecule has 9 nitrogen and oxygen atoms in total. The fourth-order valence-corrected chi connectivity index (χ4v) is 4.17. The van der Waals surface area contributed by atoms with E-state index in [4.69, 9.17) is 11.6 Å². The summed E-state index contributed by atoms with van der Waals surface area (Å²) < 4.78 is 18.1. The van der Waals surface area contributed by atoms with E-state index in [1.807, 2.05) is 15.8 Å². The second-order valence-electron chi connectivity index (χ2n) is 7.84. The highest BCUT2D eigenvalue weighted by Crippen LogP contribution is 2.31. The number of benzene rings is 1. The summed E-state index contributed by atoms with van der Waals surface area (Å²) in [6.45, 7) is 3.01. The highest BCUT2D eigenvalue weighted by Gasteiger charge is 2.26. The second kappa shape index (κ2) is 7.94. The molecule has 0 radical (unpaired) electrons. The van der Waals surface area contributed by atoms with E-state index in [0.717, 1.165) is 12.8 Å². The minimum absolute atomic E-state index is 0.0974. The number of anilines is 1. The lowest BCUT2D eigenvalue weighted by Gasteiger charge is -2.32. The van der Waals surface area contributed by atoms with Gasteiger partial charge in [0, 0.05) is 36.9 Å². The van der Waals surface area contributed by atoms with Gasteiger partial charge in [-0.2, -0.15) is 0 Å². The SMILES string of the molecule is Cc1nc2c(-c3ccc(Cl)cc3F)nc(N3CCCC(n4ccnn4)C3)nc2c(=O)n1C. The Balaban J connectivity index is 1.69. The number of hydrogen-bond acceptors (Lipinski definition) is 7. The van der Waals surface area contributed by atoms with Crippen LogP contribution in [0, 0.1) is 12.7 Å². The van der Waals surface area contributed by atoms with E-state index in [2.05, 4.69) is 25.3 Å². The molecule has 1 fully saturated rings. The van der Waals surface area contributed by atoms with Gasteiger partial charge in [-0.15, -0.1) is 5.10 Å². The summed E-state index contributed by atoms with van der Waals surface area (Å²) in [4.78, 5) is 28.8. The number of fused-ring (bicyclic) bond motifs is 1. The van der Waals surface area contributed by atoms with E-state index in [9.17, 15) is 9.18 Å². The van der Waals surface area contributed by atoms with Crippen molar-refractivity contribution < 1.29 is 4.39 Å². The van der Waals surface area contributed by atoms with Gasteiger partial charge in [0.15, 0.2) is 5.52 Å². The second-order valence-corrected chi connectivity index (χ2v) is 8.28. The molecule has 1 aromatic carbocycles. The van der Waals surface area contributed by atoms with Crippen LogP contribution in [0.1, 0.15) is 24.7 Å². The largest absolute Gasteiger partial charge is 0.339 e. The Bertz CT molecular complexity index is 1370. The average Bonchev–Trinajstić information content (AvgIpc) is 3.33. The molecule has 0 aliphatic carbocycles. The smallest absolute Gasteiger partial charge is 0.279 e. The molecule has 5 rings (SSSR count). The summed E-state index contributed by atoms with van der Waals surface area (Å²) in [5.41, 5.74) is 0.586. The van der Waals surface area contributed by atoms with E-state index in [1.165, 1.54) is 10.6 Å². The van der Waals surface area contributed by atoms with Gasteiger partial charge in [-0.3, -0.25) is 9.36 Å². The fourth-order valence-electron chi connectivity index (χ4n) is 4.02. The van der Waals surface area contributed by atoms with Gasteiger partial charge >= 0.3 is 0 Å². The third-order valence-electron chi connectivity index (χ3n) is 5.82. The lowest BCUT2D eigenvalue weighted by Crippen LogP contribution is -2.38. The first-order valence-electron chi connectivity index (χ1n) is 10.2. The molecular weight excluding hydrogens is 435 g/mol. The maximum Gasteiger partial charge on any atom is 0.279 e. The zero-order valence-electron chi connectivity index (χ0n) is 17.5. The van der Waals surface area contributed by atoms with Crippen molar-refractivity contribution in [1.82, 2.24) is 34.5 Å². The molecule has 11 heteroatoms. The lowest BCUT2D eigenvalue weighted by atomic mass is 10.1. The molecule has 4 aromatic rings. The summed E-state index contributed by atoms with van der Waals surface area (Å²) >= 11 is 5.95. The van der Waals surface area contributed by atoms with Crippen molar-refractivity contribution in [3.8, 4) is 11.3 Å². The van der Waals surface area contributed by atoms with E-state index in [1.54, 1.807) is 32.3 Å². The zero-order chi connectivity index (χ0) is 22.4. The third-order valence-corrected chi connectivity index (χ3v) is 6.05. The molecule has 1 atom stereocenters. The number of halogens is 2. The van der Waals surface area contributed by atoms with Crippen LogP contribution in [0.2, 0.25) is 5.02 Å². The number of hydrogen-bond donors (Lipinski definition) is 0. The van der Waals surface area contributed by atoms with Gasteiger partial charge in [-0.05, 0) is 38.0 Å².